The highest BCUT2D eigenvalue weighted by atomic mass is 32.1. The SMILES string of the molecule is CC[C@H](C)[C@H](NC(=O)[C@H](CC(C)C)NC(=O)[C@H](CC(=O)O)NC(=O)[C@H](CCCN=C(N)N)NC(=O)[C@@H]1CCCN1)C(=O)N[C@@H](CC(=O)O)C(=O)N[C@@H](CS)C(=O)O. The molecule has 1 aliphatic heterocycles. The molecule has 1 rings (SSSR count). The van der Waals surface area contributed by atoms with Gasteiger partial charge < -0.3 is 64.0 Å². The van der Waals surface area contributed by atoms with Crippen LogP contribution < -0.4 is 48.7 Å². The van der Waals surface area contributed by atoms with Gasteiger partial charge in [-0.05, 0) is 50.5 Å². The third kappa shape index (κ3) is 18.5. The van der Waals surface area contributed by atoms with Crippen LogP contribution in [0.25, 0.3) is 0 Å². The van der Waals surface area contributed by atoms with E-state index in [4.69, 9.17) is 11.5 Å². The molecule has 0 aromatic heterocycles. The number of amides is 6. The number of carboxylic acids is 3. The molecule has 14 N–H and O–H groups in total. The van der Waals surface area contributed by atoms with E-state index >= 15 is 0 Å². The molecule has 1 heterocycles. The van der Waals surface area contributed by atoms with Crippen LogP contribution in [0.5, 0.6) is 0 Å². The fourth-order valence-corrected chi connectivity index (χ4v) is 5.89. The second-order valence-corrected chi connectivity index (χ2v) is 14.5. The summed E-state index contributed by atoms with van der Waals surface area (Å²) >= 11 is 3.86. The molecule has 1 fully saturated rings. The first-order valence-electron chi connectivity index (χ1n) is 18.6. The Morgan fingerprint density at radius 2 is 1.25 bits per heavy atom. The number of carbonyl (C=O) groups excluding carboxylic acids is 6. The highest BCUT2D eigenvalue weighted by Gasteiger charge is 2.36. The van der Waals surface area contributed by atoms with Gasteiger partial charge in [-0.15, -0.1) is 0 Å². The second kappa shape index (κ2) is 25.1. The van der Waals surface area contributed by atoms with Gasteiger partial charge in [-0.2, -0.15) is 12.6 Å². The van der Waals surface area contributed by atoms with E-state index in [2.05, 4.69) is 54.8 Å². The van der Waals surface area contributed by atoms with Crippen molar-refractivity contribution in [3.8, 4) is 0 Å². The summed E-state index contributed by atoms with van der Waals surface area (Å²) < 4.78 is 0. The summed E-state index contributed by atoms with van der Waals surface area (Å²) in [6, 6.07) is -9.54. The average Bonchev–Trinajstić information content (AvgIpc) is 3.67. The fraction of sp³-hybridized carbons (Fsp3) is 0.706. The van der Waals surface area contributed by atoms with E-state index in [1.54, 1.807) is 27.7 Å². The third-order valence-electron chi connectivity index (χ3n) is 8.91. The van der Waals surface area contributed by atoms with Crippen LogP contribution >= 0.6 is 12.6 Å². The number of carboxylic acid groups (broad SMARTS) is 3. The minimum absolute atomic E-state index is 0.0181. The van der Waals surface area contributed by atoms with Crippen molar-refractivity contribution in [3.05, 3.63) is 0 Å². The van der Waals surface area contributed by atoms with Crippen molar-refractivity contribution in [1.29, 1.82) is 0 Å². The lowest BCUT2D eigenvalue weighted by atomic mass is 9.96. The Labute approximate surface area is 335 Å². The number of rotatable bonds is 26. The van der Waals surface area contributed by atoms with E-state index in [0.29, 0.717) is 19.4 Å². The first-order valence-corrected chi connectivity index (χ1v) is 19.2. The molecule has 22 nitrogen and oxygen atoms in total. The smallest absolute Gasteiger partial charge is 0.327 e. The van der Waals surface area contributed by atoms with Gasteiger partial charge in [-0.25, -0.2) is 4.79 Å². The van der Waals surface area contributed by atoms with E-state index in [0.717, 1.165) is 6.42 Å². The molecular formula is C34H58N10O12S. The molecule has 0 radical (unpaired) electrons. The summed E-state index contributed by atoms with van der Waals surface area (Å²) in [6.07, 6.45) is -0.0604. The number of nitrogens with zero attached hydrogens (tertiary/aromatic N) is 1. The van der Waals surface area contributed by atoms with Gasteiger partial charge in [0.05, 0.1) is 18.9 Å². The highest BCUT2D eigenvalue weighted by molar-refractivity contribution is 7.80. The van der Waals surface area contributed by atoms with E-state index in [-0.39, 0.29) is 43.4 Å². The Kier molecular flexibility index (Phi) is 22.0. The van der Waals surface area contributed by atoms with Gasteiger partial charge >= 0.3 is 17.9 Å². The Hall–Kier alpha value is -5.19. The van der Waals surface area contributed by atoms with Gasteiger partial charge in [0.2, 0.25) is 35.4 Å². The van der Waals surface area contributed by atoms with E-state index in [1.807, 2.05) is 0 Å². The molecular weight excluding hydrogens is 772 g/mol. The Morgan fingerprint density at radius 3 is 1.70 bits per heavy atom. The van der Waals surface area contributed by atoms with Crippen molar-refractivity contribution >= 4 is 71.9 Å². The van der Waals surface area contributed by atoms with Crippen LogP contribution in [-0.4, -0.2) is 136 Å². The van der Waals surface area contributed by atoms with E-state index in [1.165, 1.54) is 0 Å². The number of carbonyl (C=O) groups is 9. The summed E-state index contributed by atoms with van der Waals surface area (Å²) in [5.74, 6) is -11.2. The van der Waals surface area contributed by atoms with Crippen molar-refractivity contribution in [3.63, 3.8) is 0 Å². The minimum atomic E-state index is -1.75. The van der Waals surface area contributed by atoms with Crippen molar-refractivity contribution in [1.82, 2.24) is 37.2 Å². The molecule has 57 heavy (non-hydrogen) atoms. The van der Waals surface area contributed by atoms with Gasteiger partial charge in [0.15, 0.2) is 5.96 Å². The molecule has 0 saturated carbocycles. The lowest BCUT2D eigenvalue weighted by molar-refractivity contribution is -0.143. The molecule has 322 valence electrons. The number of thiol groups is 1. The average molecular weight is 831 g/mol. The van der Waals surface area contributed by atoms with Gasteiger partial charge in [0.1, 0.15) is 36.3 Å². The van der Waals surface area contributed by atoms with Crippen LogP contribution in [0, 0.1) is 11.8 Å². The summed E-state index contributed by atoms with van der Waals surface area (Å²) in [4.78, 5) is 119. The van der Waals surface area contributed by atoms with Crippen LogP contribution in [0.15, 0.2) is 4.99 Å². The predicted molar refractivity (Wildman–Crippen MR) is 207 cm³/mol. The van der Waals surface area contributed by atoms with Gasteiger partial charge in [0, 0.05) is 12.3 Å². The monoisotopic (exact) mass is 830 g/mol. The molecule has 1 saturated heterocycles. The molecule has 0 aromatic rings. The van der Waals surface area contributed by atoms with Crippen LogP contribution in [-0.2, 0) is 43.2 Å². The van der Waals surface area contributed by atoms with Crippen LogP contribution in [0.4, 0.5) is 0 Å². The summed E-state index contributed by atoms with van der Waals surface area (Å²) in [5.41, 5.74) is 10.7. The Bertz CT molecular complexity index is 1470. The minimum Gasteiger partial charge on any atom is -0.481 e. The molecule has 6 amide bonds. The molecule has 8 atom stereocenters. The summed E-state index contributed by atoms with van der Waals surface area (Å²) in [7, 11) is 0. The number of nitrogens with two attached hydrogens (primary N) is 2. The zero-order chi connectivity index (χ0) is 43.4. The predicted octanol–water partition coefficient (Wildman–Crippen LogP) is -3.24. The van der Waals surface area contributed by atoms with Gasteiger partial charge in [-0.3, -0.25) is 43.3 Å². The summed E-state index contributed by atoms with van der Waals surface area (Å²) in [6.45, 7) is 7.43. The third-order valence-corrected chi connectivity index (χ3v) is 9.27. The lowest BCUT2D eigenvalue weighted by Gasteiger charge is -2.29. The highest BCUT2D eigenvalue weighted by Crippen LogP contribution is 2.13. The largest absolute Gasteiger partial charge is 0.481 e. The molecule has 0 unspecified atom stereocenters. The maximum absolute atomic E-state index is 13.8. The van der Waals surface area contributed by atoms with Crippen LogP contribution in [0.3, 0.4) is 0 Å². The number of aliphatic carboxylic acids is 3. The first-order chi connectivity index (χ1) is 26.7. The van der Waals surface area contributed by atoms with E-state index < -0.39 is 114 Å². The first kappa shape index (κ1) is 49.8. The molecule has 0 bridgehead atoms. The van der Waals surface area contributed by atoms with Crippen LogP contribution in [0.1, 0.15) is 79.1 Å². The molecule has 0 spiro atoms. The van der Waals surface area contributed by atoms with Gasteiger partial charge in [0.25, 0.3) is 0 Å². The Balaban J connectivity index is 3.31. The number of hydrogen-bond donors (Lipinski definition) is 13. The van der Waals surface area contributed by atoms with Crippen molar-refractivity contribution < 1.29 is 58.5 Å². The Morgan fingerprint density at radius 1 is 0.737 bits per heavy atom. The molecule has 23 heteroatoms. The zero-order valence-electron chi connectivity index (χ0n) is 32.5. The van der Waals surface area contributed by atoms with Crippen LogP contribution in [0.2, 0.25) is 0 Å². The van der Waals surface area contributed by atoms with Crippen molar-refractivity contribution in [2.24, 2.45) is 28.3 Å². The maximum Gasteiger partial charge on any atom is 0.327 e. The lowest BCUT2D eigenvalue weighted by Crippen LogP contribution is -2.61. The number of hydrogen-bond acceptors (Lipinski definition) is 12. The normalized spacial score (nSPS) is 17.3. The van der Waals surface area contributed by atoms with Crippen molar-refractivity contribution in [2.45, 2.75) is 121 Å². The topological polar surface area (TPSA) is 363 Å². The second-order valence-electron chi connectivity index (χ2n) is 14.1. The zero-order valence-corrected chi connectivity index (χ0v) is 33.4. The molecule has 1 aliphatic rings. The van der Waals surface area contributed by atoms with E-state index in [9.17, 15) is 58.5 Å². The number of nitrogens with one attached hydrogen (secondary N) is 7. The summed E-state index contributed by atoms with van der Waals surface area (Å²) in [5, 5.41) is 45.7. The molecule has 0 aliphatic carbocycles. The molecule has 0 aromatic carbocycles. The fourth-order valence-electron chi connectivity index (χ4n) is 5.64. The number of guanidine groups is 1. The standard InChI is InChI=1S/C34H58N10O12S/c1-5-17(4)26(32(54)42-22(14-25(47)48)30(52)43-23(15-57)33(55)56)44-31(53)20(12-16(2)3)40-29(51)21(13-24(45)46)41-28(50)19(9-7-11-38-34(35)36)39-27(49)18-8-6-10-37-18/h16-23,26,37,57H,5-15H2,1-4H3,(H,39,49)(H,40,51)(H,41,50)(H,42,54)(H,43,52)(H,44,53)(H,45,46)(H,47,48)(H,55,56)(H4,35,36,38)/t17-,18-,19-,20-,21-,22-,23-,26-/m0/s1. The maximum atomic E-state index is 13.8. The quantitative estimate of drug-likeness (QED) is 0.0176. The van der Waals surface area contributed by atoms with Gasteiger partial charge in [-0.1, -0.05) is 34.1 Å². The van der Waals surface area contributed by atoms with Crippen molar-refractivity contribution in [2.75, 3.05) is 18.8 Å². The number of aliphatic imine (C=N–C) groups is 1.